The van der Waals surface area contributed by atoms with Gasteiger partial charge in [-0.15, -0.1) is 0 Å². The number of hydrogen-bond donors (Lipinski definition) is 2. The molecule has 1 unspecified atom stereocenters. The highest BCUT2D eigenvalue weighted by atomic mass is 35.5. The third kappa shape index (κ3) is 4.34. The molecule has 0 spiro atoms. The van der Waals surface area contributed by atoms with Gasteiger partial charge in [-0.2, -0.15) is 5.10 Å². The van der Waals surface area contributed by atoms with Gasteiger partial charge in [-0.25, -0.2) is 17.5 Å². The van der Waals surface area contributed by atoms with Crippen LogP contribution in [-0.4, -0.2) is 60.9 Å². The summed E-state index contributed by atoms with van der Waals surface area (Å²) in [5, 5.41) is 8.41. The van der Waals surface area contributed by atoms with E-state index in [0.29, 0.717) is 0 Å². The summed E-state index contributed by atoms with van der Waals surface area (Å²) in [6.07, 6.45) is 0. The number of carbonyl (C=O) groups excluding carboxylic acids is 2. The van der Waals surface area contributed by atoms with Gasteiger partial charge in [0.25, 0.3) is 0 Å². The maximum Gasteiger partial charge on any atom is 0.325 e. The van der Waals surface area contributed by atoms with Gasteiger partial charge in [0.05, 0.1) is 15.7 Å². The second-order valence-electron chi connectivity index (χ2n) is 5.55. The number of Topliss-reactive ketones (excluding diaryl/α,β-unsaturated/α-hetero) is 1. The number of carbonyl (C=O) groups is 2. The summed E-state index contributed by atoms with van der Waals surface area (Å²) in [6.45, 7) is 3.77. The Morgan fingerprint density at radius 1 is 1.26 bits per heavy atom. The number of halogens is 2. The molecule has 1 aromatic carbocycles. The Morgan fingerprint density at radius 2 is 1.89 bits per heavy atom. The predicted molar refractivity (Wildman–Crippen MR) is 104 cm³/mol. The number of amidine groups is 1. The largest absolute Gasteiger partial charge is 0.325 e. The molecule has 12 heteroatoms. The zero-order chi connectivity index (χ0) is 20.4. The Bertz CT molecular complexity index is 886. The van der Waals surface area contributed by atoms with E-state index in [1.165, 1.54) is 13.1 Å². The molecule has 1 aliphatic heterocycles. The van der Waals surface area contributed by atoms with Crippen molar-refractivity contribution >= 4 is 56.6 Å². The number of nitrogens with one attached hydrogen (secondary N) is 2. The highest BCUT2D eigenvalue weighted by Gasteiger charge is 2.46. The molecule has 148 valence electrons. The predicted octanol–water partition coefficient (Wildman–Crippen LogP) is 1.94. The fourth-order valence-corrected chi connectivity index (χ4v) is 4.71. The molecule has 0 radical (unpaired) electrons. The molecule has 2 N–H and O–H groups in total. The number of ketones is 1. The number of likely N-dealkylation sites (N-methyl/N-ethyl adjacent to an activating group) is 1. The SMILES string of the molecule is CCN(CC)S(=O)(=O)C1C(=O)C(NC(=O)Nc2cccc(Cl)c2Cl)=NN1C. The third-order valence-corrected chi connectivity index (χ3v) is 6.97. The van der Waals surface area contributed by atoms with Crippen LogP contribution in [0.1, 0.15) is 13.8 Å². The molecule has 9 nitrogen and oxygen atoms in total. The summed E-state index contributed by atoms with van der Waals surface area (Å²) >= 11 is 11.9. The molecule has 0 aromatic heterocycles. The molecule has 0 aliphatic carbocycles. The Kier molecular flexibility index (Phi) is 6.68. The smallest absolute Gasteiger partial charge is 0.306 e. The van der Waals surface area contributed by atoms with Crippen molar-refractivity contribution in [1.82, 2.24) is 14.6 Å². The number of anilines is 1. The first-order valence-corrected chi connectivity index (χ1v) is 10.3. The second kappa shape index (κ2) is 8.42. The van der Waals surface area contributed by atoms with E-state index in [-0.39, 0.29) is 34.7 Å². The van der Waals surface area contributed by atoms with Crippen LogP contribution < -0.4 is 10.6 Å². The average Bonchev–Trinajstić information content (AvgIpc) is 2.86. The van der Waals surface area contributed by atoms with Crippen molar-refractivity contribution in [2.45, 2.75) is 19.2 Å². The Balaban J connectivity index is 2.14. The minimum Gasteiger partial charge on any atom is -0.306 e. The lowest BCUT2D eigenvalue weighted by atomic mass is 10.3. The van der Waals surface area contributed by atoms with Crippen molar-refractivity contribution in [1.29, 1.82) is 0 Å². The molecule has 0 saturated heterocycles. The van der Waals surface area contributed by atoms with E-state index in [0.717, 1.165) is 9.31 Å². The maximum absolute atomic E-state index is 12.7. The molecule has 0 saturated carbocycles. The monoisotopic (exact) mass is 435 g/mol. The van der Waals surface area contributed by atoms with Crippen LogP contribution in [0.4, 0.5) is 10.5 Å². The first kappa shape index (κ1) is 21.4. The number of sulfonamides is 1. The number of amides is 2. The number of nitrogens with zero attached hydrogens (tertiary/aromatic N) is 3. The van der Waals surface area contributed by atoms with E-state index in [1.54, 1.807) is 26.0 Å². The lowest BCUT2D eigenvalue weighted by Gasteiger charge is -2.25. The lowest BCUT2D eigenvalue weighted by Crippen LogP contribution is -2.49. The summed E-state index contributed by atoms with van der Waals surface area (Å²) in [5.74, 6) is -1.20. The Morgan fingerprint density at radius 3 is 2.48 bits per heavy atom. The van der Waals surface area contributed by atoms with Crippen LogP contribution in [0.25, 0.3) is 0 Å². The molecule has 0 fully saturated rings. The van der Waals surface area contributed by atoms with Crippen molar-refractivity contribution in [3.05, 3.63) is 28.2 Å². The van der Waals surface area contributed by atoms with E-state index in [1.807, 2.05) is 0 Å². The standard InChI is InChI=1S/C15H19Cl2N5O4S/c1-4-22(5-2)27(25,26)14-12(23)13(20-21(14)3)19-15(24)18-10-8-6-7-9(16)11(10)17/h6-8,14H,4-5H2,1-3H3,(H2,18,19,20,24). The summed E-state index contributed by atoms with van der Waals surface area (Å²) in [4.78, 5) is 24.7. The topological polar surface area (TPSA) is 111 Å². The third-order valence-electron chi connectivity index (χ3n) is 3.83. The van der Waals surface area contributed by atoms with Crippen LogP contribution in [0.15, 0.2) is 23.3 Å². The first-order chi connectivity index (χ1) is 12.6. The van der Waals surface area contributed by atoms with Crippen molar-refractivity contribution in [2.75, 3.05) is 25.5 Å². The fraction of sp³-hybridized carbons (Fsp3) is 0.400. The second-order valence-corrected chi connectivity index (χ2v) is 8.33. The van der Waals surface area contributed by atoms with Gasteiger partial charge in [0, 0.05) is 20.1 Å². The highest BCUT2D eigenvalue weighted by Crippen LogP contribution is 2.29. The summed E-state index contributed by atoms with van der Waals surface area (Å²) in [5.41, 5.74) is 0.230. The number of urea groups is 1. The van der Waals surface area contributed by atoms with Gasteiger partial charge in [0.1, 0.15) is 0 Å². The number of benzene rings is 1. The van der Waals surface area contributed by atoms with Crippen LogP contribution in [0.2, 0.25) is 10.0 Å². The Hall–Kier alpha value is -1.88. The molecular weight excluding hydrogens is 417 g/mol. The maximum atomic E-state index is 12.7. The van der Waals surface area contributed by atoms with E-state index < -0.39 is 27.2 Å². The zero-order valence-electron chi connectivity index (χ0n) is 14.9. The summed E-state index contributed by atoms with van der Waals surface area (Å²) in [6, 6.07) is 3.85. The van der Waals surface area contributed by atoms with Gasteiger partial charge in [-0.05, 0) is 12.1 Å². The van der Waals surface area contributed by atoms with Crippen LogP contribution in [0.5, 0.6) is 0 Å². The minimum absolute atomic E-state index is 0.133. The highest BCUT2D eigenvalue weighted by molar-refractivity contribution is 7.90. The van der Waals surface area contributed by atoms with Crippen molar-refractivity contribution in [2.24, 2.45) is 5.10 Å². The van der Waals surface area contributed by atoms with Gasteiger partial charge in [-0.1, -0.05) is 43.1 Å². The molecular formula is C15H19Cl2N5O4S. The summed E-state index contributed by atoms with van der Waals surface area (Å²) < 4.78 is 26.5. The Labute approximate surface area is 167 Å². The molecule has 1 atom stereocenters. The van der Waals surface area contributed by atoms with Gasteiger partial charge in [0.2, 0.25) is 27.0 Å². The van der Waals surface area contributed by atoms with Crippen molar-refractivity contribution in [3.63, 3.8) is 0 Å². The molecule has 1 aliphatic rings. The van der Waals surface area contributed by atoms with Crippen LogP contribution in [-0.2, 0) is 14.8 Å². The molecule has 0 bridgehead atoms. The molecule has 2 amide bonds. The normalized spacial score (nSPS) is 17.3. The molecule has 2 rings (SSSR count). The van der Waals surface area contributed by atoms with Gasteiger partial charge >= 0.3 is 6.03 Å². The van der Waals surface area contributed by atoms with Crippen LogP contribution >= 0.6 is 23.2 Å². The molecule has 1 heterocycles. The summed E-state index contributed by atoms with van der Waals surface area (Å²) in [7, 11) is -2.60. The van der Waals surface area contributed by atoms with E-state index in [4.69, 9.17) is 23.2 Å². The van der Waals surface area contributed by atoms with Crippen LogP contribution in [0.3, 0.4) is 0 Å². The average molecular weight is 436 g/mol. The molecule has 1 aromatic rings. The van der Waals surface area contributed by atoms with Crippen molar-refractivity contribution < 1.29 is 18.0 Å². The minimum atomic E-state index is -3.95. The van der Waals surface area contributed by atoms with Crippen LogP contribution in [0, 0.1) is 0 Å². The van der Waals surface area contributed by atoms with Crippen molar-refractivity contribution in [3.8, 4) is 0 Å². The van der Waals surface area contributed by atoms with E-state index >= 15 is 0 Å². The van der Waals surface area contributed by atoms with E-state index in [2.05, 4.69) is 15.7 Å². The number of hydrazone groups is 1. The first-order valence-electron chi connectivity index (χ1n) is 8.00. The fourth-order valence-electron chi connectivity index (χ4n) is 2.55. The van der Waals surface area contributed by atoms with E-state index in [9.17, 15) is 18.0 Å². The van der Waals surface area contributed by atoms with Gasteiger partial charge in [-0.3, -0.25) is 15.1 Å². The van der Waals surface area contributed by atoms with Gasteiger partial charge < -0.3 is 5.32 Å². The lowest BCUT2D eigenvalue weighted by molar-refractivity contribution is -0.113. The van der Waals surface area contributed by atoms with Gasteiger partial charge in [0.15, 0.2) is 0 Å². The number of rotatable bonds is 5. The molecule has 27 heavy (non-hydrogen) atoms. The number of hydrogen-bond acceptors (Lipinski definition) is 6. The quantitative estimate of drug-likeness (QED) is 0.733. The zero-order valence-corrected chi connectivity index (χ0v) is 17.2.